The largest absolute Gasteiger partial charge is 0.396 e. The van der Waals surface area contributed by atoms with Crippen LogP contribution in [0.2, 0.25) is 0 Å². The molecule has 6 atom stereocenters. The molecular formula is C29H35N3O3S. The molecule has 0 bridgehead atoms. The Labute approximate surface area is 216 Å². The maximum atomic E-state index is 13.4. The van der Waals surface area contributed by atoms with Crippen LogP contribution in [0.3, 0.4) is 0 Å². The molecule has 1 aromatic carbocycles. The van der Waals surface area contributed by atoms with Crippen LogP contribution in [0.15, 0.2) is 54.9 Å². The highest BCUT2D eigenvalue weighted by Gasteiger charge is 2.59. The maximum absolute atomic E-state index is 13.4. The van der Waals surface area contributed by atoms with Crippen LogP contribution < -0.4 is 5.32 Å². The predicted octanol–water partition coefficient (Wildman–Crippen LogP) is 4.89. The number of aliphatic hydroxyl groups is 2. The number of rotatable bonds is 6. The fraction of sp³-hybridized carbons (Fsp3) is 0.483. The summed E-state index contributed by atoms with van der Waals surface area (Å²) in [5.74, 6) is -0.0657. The van der Waals surface area contributed by atoms with Gasteiger partial charge >= 0.3 is 0 Å². The molecule has 5 rings (SSSR count). The first-order chi connectivity index (χ1) is 17.3. The second-order valence-corrected chi connectivity index (χ2v) is 12.1. The third kappa shape index (κ3) is 4.27. The number of carbonyl (C=O) groups is 1. The first kappa shape index (κ1) is 25.1. The number of pyridine rings is 1. The summed E-state index contributed by atoms with van der Waals surface area (Å²) in [6.45, 7) is 6.17. The predicted molar refractivity (Wildman–Crippen MR) is 141 cm³/mol. The van der Waals surface area contributed by atoms with Crippen molar-refractivity contribution in [3.63, 3.8) is 0 Å². The van der Waals surface area contributed by atoms with Crippen LogP contribution >= 0.6 is 11.3 Å². The molecule has 2 heterocycles. The Hall–Kier alpha value is -2.61. The zero-order chi connectivity index (χ0) is 25.5. The van der Waals surface area contributed by atoms with Crippen molar-refractivity contribution in [2.45, 2.75) is 64.5 Å². The molecule has 7 heteroatoms. The van der Waals surface area contributed by atoms with Crippen molar-refractivity contribution < 1.29 is 15.0 Å². The summed E-state index contributed by atoms with van der Waals surface area (Å²) in [5, 5.41) is 25.5. The molecule has 1 saturated carbocycles. The molecule has 0 saturated heterocycles. The van der Waals surface area contributed by atoms with Gasteiger partial charge in [0.15, 0.2) is 0 Å². The Morgan fingerprint density at radius 3 is 2.69 bits per heavy atom. The lowest BCUT2D eigenvalue weighted by Gasteiger charge is -2.58. The second-order valence-electron chi connectivity index (χ2n) is 11.0. The van der Waals surface area contributed by atoms with Crippen LogP contribution in [0.4, 0.5) is 0 Å². The first-order valence-electron chi connectivity index (χ1n) is 12.8. The van der Waals surface area contributed by atoms with Gasteiger partial charge in [0.2, 0.25) is 5.91 Å². The van der Waals surface area contributed by atoms with E-state index in [4.69, 9.17) is 4.98 Å². The van der Waals surface area contributed by atoms with Crippen molar-refractivity contribution in [3.8, 4) is 10.6 Å². The van der Waals surface area contributed by atoms with Crippen molar-refractivity contribution in [2.75, 3.05) is 6.61 Å². The van der Waals surface area contributed by atoms with Gasteiger partial charge in [-0.15, -0.1) is 11.3 Å². The summed E-state index contributed by atoms with van der Waals surface area (Å²) >= 11 is 1.65. The van der Waals surface area contributed by atoms with Crippen LogP contribution in [-0.2, 0) is 11.2 Å². The molecule has 0 spiro atoms. The molecule has 3 N–H and O–H groups in total. The van der Waals surface area contributed by atoms with Crippen LogP contribution in [0.5, 0.6) is 0 Å². The number of hydrogen-bond acceptors (Lipinski definition) is 6. The fourth-order valence-corrected chi connectivity index (χ4v) is 7.73. The van der Waals surface area contributed by atoms with Crippen LogP contribution in [0.1, 0.15) is 68.1 Å². The summed E-state index contributed by atoms with van der Waals surface area (Å²) in [6.07, 6.45) is 5.48. The van der Waals surface area contributed by atoms with Crippen LogP contribution in [0.25, 0.3) is 10.6 Å². The minimum Gasteiger partial charge on any atom is -0.396 e. The molecule has 36 heavy (non-hydrogen) atoms. The number of aromatic nitrogens is 2. The van der Waals surface area contributed by atoms with Crippen molar-refractivity contribution in [2.24, 2.45) is 16.7 Å². The van der Waals surface area contributed by atoms with Gasteiger partial charge < -0.3 is 15.5 Å². The monoisotopic (exact) mass is 505 g/mol. The number of amides is 1. The highest BCUT2D eigenvalue weighted by molar-refractivity contribution is 7.15. The maximum Gasteiger partial charge on any atom is 0.221 e. The number of carbonyl (C=O) groups excluding carboxylic acids is 1. The highest BCUT2D eigenvalue weighted by Crippen LogP contribution is 2.62. The molecule has 2 aliphatic rings. The third-order valence-corrected chi connectivity index (χ3v) is 10.0. The minimum absolute atomic E-state index is 0.00284. The summed E-state index contributed by atoms with van der Waals surface area (Å²) in [4.78, 5) is 24.0. The van der Waals surface area contributed by atoms with Crippen molar-refractivity contribution in [1.82, 2.24) is 15.3 Å². The van der Waals surface area contributed by atoms with Crippen molar-refractivity contribution in [1.29, 1.82) is 0 Å². The molecule has 2 aromatic heterocycles. The number of aliphatic hydroxyl groups excluding tert-OH is 2. The van der Waals surface area contributed by atoms with Gasteiger partial charge in [-0.05, 0) is 55.2 Å². The lowest BCUT2D eigenvalue weighted by atomic mass is 9.47. The van der Waals surface area contributed by atoms with Gasteiger partial charge in [0.05, 0.1) is 24.4 Å². The summed E-state index contributed by atoms with van der Waals surface area (Å²) in [6, 6.07) is 13.8. The van der Waals surface area contributed by atoms with E-state index in [1.807, 2.05) is 62.5 Å². The normalized spacial score (nSPS) is 30.2. The minimum atomic E-state index is -0.630. The van der Waals surface area contributed by atoms with Gasteiger partial charge in [-0.25, -0.2) is 4.98 Å². The molecule has 2 aliphatic carbocycles. The average Bonchev–Trinajstić information content (AvgIpc) is 3.33. The lowest BCUT2D eigenvalue weighted by Crippen LogP contribution is -2.57. The second kappa shape index (κ2) is 9.69. The lowest BCUT2D eigenvalue weighted by molar-refractivity contribution is -0.144. The molecule has 0 unspecified atom stereocenters. The van der Waals surface area contributed by atoms with Crippen LogP contribution in [-0.4, -0.2) is 38.8 Å². The van der Waals surface area contributed by atoms with Gasteiger partial charge in [-0.2, -0.15) is 0 Å². The number of thiazole rings is 1. The Morgan fingerprint density at radius 1 is 1.22 bits per heavy atom. The fourth-order valence-electron chi connectivity index (χ4n) is 6.57. The van der Waals surface area contributed by atoms with Gasteiger partial charge in [0.1, 0.15) is 5.01 Å². The van der Waals surface area contributed by atoms with Crippen molar-refractivity contribution >= 4 is 17.2 Å². The smallest absolute Gasteiger partial charge is 0.221 e. The van der Waals surface area contributed by atoms with E-state index in [0.717, 1.165) is 39.5 Å². The standard InChI is InChI=1S/C29H35N3O3S/c1-18(19-8-5-4-6-9-19)31-25(35)14-21-26-22(36-27(32-26)20-10-7-13-30-16-20)15-23-28(21,2)12-11-24(34)29(23,3)17-33/h4-10,13,16,18,21,23-24,33-34H,11-12,14-15,17H2,1-3H3,(H,31,35)/t18-,21-,23+,24-,28+,29+/m1/s1. The molecule has 1 amide bonds. The van der Waals surface area contributed by atoms with E-state index in [1.54, 1.807) is 17.5 Å². The average molecular weight is 506 g/mol. The van der Waals surface area contributed by atoms with E-state index in [0.29, 0.717) is 12.8 Å². The highest BCUT2D eigenvalue weighted by atomic mass is 32.1. The van der Waals surface area contributed by atoms with E-state index >= 15 is 0 Å². The van der Waals surface area contributed by atoms with Gasteiger partial charge in [-0.1, -0.05) is 44.2 Å². The quantitative estimate of drug-likeness (QED) is 0.443. The van der Waals surface area contributed by atoms with Crippen LogP contribution in [0, 0.1) is 16.7 Å². The SMILES string of the molecule is C[C@@H](NC(=O)C[C@@H]1c2nc(-c3cccnc3)sc2C[C@@H]2[C@](C)(CO)[C@H](O)CC[C@]21C)c1ccccc1. The van der Waals surface area contributed by atoms with Gasteiger partial charge in [-0.3, -0.25) is 9.78 Å². The number of nitrogens with zero attached hydrogens (tertiary/aromatic N) is 2. The zero-order valence-electron chi connectivity index (χ0n) is 21.1. The van der Waals surface area contributed by atoms with E-state index < -0.39 is 11.5 Å². The summed E-state index contributed by atoms with van der Waals surface area (Å²) in [7, 11) is 0. The van der Waals surface area contributed by atoms with Crippen molar-refractivity contribution in [3.05, 3.63) is 71.0 Å². The summed E-state index contributed by atoms with van der Waals surface area (Å²) in [5.41, 5.74) is 2.14. The third-order valence-electron chi connectivity index (χ3n) is 8.87. The molecule has 0 radical (unpaired) electrons. The van der Waals surface area contributed by atoms with E-state index in [9.17, 15) is 15.0 Å². The molecule has 3 aromatic rings. The van der Waals surface area contributed by atoms with E-state index in [1.165, 1.54) is 0 Å². The molecule has 6 nitrogen and oxygen atoms in total. The number of nitrogens with one attached hydrogen (secondary N) is 1. The topological polar surface area (TPSA) is 95.3 Å². The first-order valence-corrected chi connectivity index (χ1v) is 13.6. The number of hydrogen-bond donors (Lipinski definition) is 3. The van der Waals surface area contributed by atoms with E-state index in [-0.39, 0.29) is 35.8 Å². The van der Waals surface area contributed by atoms with Gasteiger partial charge in [0.25, 0.3) is 0 Å². The Bertz CT molecular complexity index is 1220. The Morgan fingerprint density at radius 2 is 2.00 bits per heavy atom. The molecular weight excluding hydrogens is 470 g/mol. The number of fused-ring (bicyclic) bond motifs is 2. The molecule has 1 fully saturated rings. The summed E-state index contributed by atoms with van der Waals surface area (Å²) < 4.78 is 0. The molecule has 190 valence electrons. The Kier molecular flexibility index (Phi) is 6.74. The van der Waals surface area contributed by atoms with E-state index in [2.05, 4.69) is 17.2 Å². The molecule has 0 aliphatic heterocycles. The Balaban J connectivity index is 1.51. The number of benzene rings is 1. The van der Waals surface area contributed by atoms with Gasteiger partial charge in [0, 0.05) is 40.6 Å². The zero-order valence-corrected chi connectivity index (χ0v) is 22.0.